The van der Waals surface area contributed by atoms with E-state index in [2.05, 4.69) is 37.1 Å². The number of aromatic nitrogens is 1. The molecule has 0 amide bonds. The maximum absolute atomic E-state index is 5.94. The molecular formula is C13H23N3. The average molecular weight is 221 g/mol. The van der Waals surface area contributed by atoms with Crippen molar-refractivity contribution in [1.82, 2.24) is 10.3 Å². The number of rotatable bonds is 6. The molecule has 0 fully saturated rings. The molecule has 0 aromatic carbocycles. The van der Waals surface area contributed by atoms with Gasteiger partial charge in [-0.3, -0.25) is 0 Å². The van der Waals surface area contributed by atoms with Crippen LogP contribution in [0.4, 0.5) is 5.82 Å². The average Bonchev–Trinajstić information content (AvgIpc) is 2.28. The molecule has 1 aromatic heterocycles. The molecule has 1 aromatic rings. The Hall–Kier alpha value is -1.09. The lowest BCUT2D eigenvalue weighted by molar-refractivity contribution is 0.494. The molecule has 1 unspecified atom stereocenters. The fraction of sp³-hybridized carbons (Fsp3) is 0.615. The summed E-state index contributed by atoms with van der Waals surface area (Å²) in [6.07, 6.45) is 5.21. The van der Waals surface area contributed by atoms with Crippen molar-refractivity contribution in [2.45, 2.75) is 46.1 Å². The van der Waals surface area contributed by atoms with Crippen LogP contribution in [0.25, 0.3) is 0 Å². The van der Waals surface area contributed by atoms with Gasteiger partial charge in [0, 0.05) is 17.8 Å². The molecular weight excluding hydrogens is 198 g/mol. The van der Waals surface area contributed by atoms with E-state index in [1.807, 2.05) is 6.20 Å². The van der Waals surface area contributed by atoms with Crippen LogP contribution in [0.1, 0.15) is 50.3 Å². The first-order valence-corrected chi connectivity index (χ1v) is 6.14. The summed E-state index contributed by atoms with van der Waals surface area (Å²) in [6.45, 7) is 7.45. The van der Waals surface area contributed by atoms with E-state index in [0.29, 0.717) is 11.9 Å². The lowest BCUT2D eigenvalue weighted by Gasteiger charge is -2.19. The third kappa shape index (κ3) is 3.49. The highest BCUT2D eigenvalue weighted by Crippen LogP contribution is 2.23. The normalized spacial score (nSPS) is 12.7. The lowest BCUT2D eigenvalue weighted by atomic mass is 10.0. The first-order valence-electron chi connectivity index (χ1n) is 6.14. The minimum absolute atomic E-state index is 0.345. The second kappa shape index (κ2) is 6.48. The van der Waals surface area contributed by atoms with Gasteiger partial charge in [-0.15, -0.1) is 0 Å². The highest BCUT2D eigenvalue weighted by atomic mass is 14.9. The predicted octanol–water partition coefficient (Wildman–Crippen LogP) is 2.81. The van der Waals surface area contributed by atoms with Gasteiger partial charge in [-0.05, 0) is 37.9 Å². The van der Waals surface area contributed by atoms with Crippen LogP contribution in [0, 0.1) is 6.92 Å². The molecule has 0 spiro atoms. The summed E-state index contributed by atoms with van der Waals surface area (Å²) in [5.41, 5.74) is 8.26. The molecule has 0 aliphatic heterocycles. The van der Waals surface area contributed by atoms with Gasteiger partial charge in [0.25, 0.3) is 0 Å². The first-order chi connectivity index (χ1) is 7.69. The second-order valence-electron chi connectivity index (χ2n) is 4.28. The second-order valence-corrected chi connectivity index (χ2v) is 4.28. The molecule has 0 saturated heterocycles. The number of nitrogens with zero attached hydrogens (tertiary/aromatic N) is 1. The van der Waals surface area contributed by atoms with E-state index < -0.39 is 0 Å². The molecule has 0 aliphatic rings. The third-order valence-electron chi connectivity index (χ3n) is 2.68. The maximum atomic E-state index is 5.94. The maximum Gasteiger partial charge on any atom is 0.128 e. The molecule has 0 radical (unpaired) electrons. The van der Waals surface area contributed by atoms with E-state index in [1.165, 1.54) is 5.56 Å². The molecule has 0 aliphatic carbocycles. The van der Waals surface area contributed by atoms with Crippen LogP contribution < -0.4 is 11.1 Å². The van der Waals surface area contributed by atoms with Gasteiger partial charge in [0.2, 0.25) is 0 Å². The molecule has 3 N–H and O–H groups in total. The summed E-state index contributed by atoms with van der Waals surface area (Å²) in [5, 5.41) is 3.53. The summed E-state index contributed by atoms with van der Waals surface area (Å²) < 4.78 is 0. The molecule has 0 bridgehead atoms. The highest BCUT2D eigenvalue weighted by Gasteiger charge is 2.13. The number of nitrogens with one attached hydrogen (secondary N) is 1. The Kier molecular flexibility index (Phi) is 5.26. The van der Waals surface area contributed by atoms with E-state index in [0.717, 1.165) is 31.4 Å². The van der Waals surface area contributed by atoms with Crippen LogP contribution in [0.5, 0.6) is 0 Å². The fourth-order valence-electron chi connectivity index (χ4n) is 1.86. The molecule has 0 saturated carbocycles. The Balaban J connectivity index is 2.85. The molecule has 1 rings (SSSR count). The Bertz CT molecular complexity index is 323. The van der Waals surface area contributed by atoms with Crippen LogP contribution in [0.15, 0.2) is 12.3 Å². The smallest absolute Gasteiger partial charge is 0.128 e. The standard InChI is InChI=1S/C13H23N3/c1-4-6-12(15-7-5-2)11-8-10(3)9-16-13(11)14/h8-9,12,15H,4-7H2,1-3H3,(H2,14,16). The van der Waals surface area contributed by atoms with Crippen LogP contribution >= 0.6 is 0 Å². The molecule has 3 heteroatoms. The topological polar surface area (TPSA) is 50.9 Å². The van der Waals surface area contributed by atoms with Crippen molar-refractivity contribution < 1.29 is 0 Å². The van der Waals surface area contributed by atoms with Gasteiger partial charge in [0.15, 0.2) is 0 Å². The van der Waals surface area contributed by atoms with Crippen LogP contribution in [0.2, 0.25) is 0 Å². The summed E-state index contributed by atoms with van der Waals surface area (Å²) in [7, 11) is 0. The quantitative estimate of drug-likeness (QED) is 0.776. The third-order valence-corrected chi connectivity index (χ3v) is 2.68. The number of hydrogen-bond acceptors (Lipinski definition) is 3. The van der Waals surface area contributed by atoms with Crippen molar-refractivity contribution in [2.24, 2.45) is 0 Å². The van der Waals surface area contributed by atoms with Gasteiger partial charge in [-0.1, -0.05) is 20.3 Å². The number of nitrogens with two attached hydrogens (primary N) is 1. The summed E-state index contributed by atoms with van der Waals surface area (Å²) in [5.74, 6) is 0.660. The highest BCUT2D eigenvalue weighted by molar-refractivity contribution is 5.42. The summed E-state index contributed by atoms with van der Waals surface area (Å²) in [6, 6.07) is 2.49. The Morgan fingerprint density at radius 2 is 2.12 bits per heavy atom. The van der Waals surface area contributed by atoms with E-state index in [1.54, 1.807) is 0 Å². The zero-order chi connectivity index (χ0) is 12.0. The van der Waals surface area contributed by atoms with E-state index in [9.17, 15) is 0 Å². The monoisotopic (exact) mass is 221 g/mol. The zero-order valence-corrected chi connectivity index (χ0v) is 10.6. The predicted molar refractivity (Wildman–Crippen MR) is 69.3 cm³/mol. The van der Waals surface area contributed by atoms with Crippen molar-refractivity contribution in [3.05, 3.63) is 23.4 Å². The van der Waals surface area contributed by atoms with Gasteiger partial charge in [-0.25, -0.2) is 4.98 Å². The van der Waals surface area contributed by atoms with E-state index in [-0.39, 0.29) is 0 Å². The number of pyridine rings is 1. The van der Waals surface area contributed by atoms with Gasteiger partial charge in [-0.2, -0.15) is 0 Å². The Labute approximate surface area is 98.5 Å². The van der Waals surface area contributed by atoms with E-state index in [4.69, 9.17) is 5.73 Å². The zero-order valence-electron chi connectivity index (χ0n) is 10.6. The molecule has 1 atom stereocenters. The molecule has 3 nitrogen and oxygen atoms in total. The molecule has 1 heterocycles. The number of anilines is 1. The molecule has 16 heavy (non-hydrogen) atoms. The van der Waals surface area contributed by atoms with Crippen LogP contribution in [0.3, 0.4) is 0 Å². The lowest BCUT2D eigenvalue weighted by Crippen LogP contribution is -2.23. The Morgan fingerprint density at radius 3 is 2.75 bits per heavy atom. The Morgan fingerprint density at radius 1 is 1.38 bits per heavy atom. The van der Waals surface area contributed by atoms with Crippen molar-refractivity contribution in [1.29, 1.82) is 0 Å². The van der Waals surface area contributed by atoms with Crippen LogP contribution in [-0.2, 0) is 0 Å². The summed E-state index contributed by atoms with van der Waals surface area (Å²) in [4.78, 5) is 4.23. The largest absolute Gasteiger partial charge is 0.383 e. The number of nitrogen functional groups attached to an aromatic ring is 1. The fourth-order valence-corrected chi connectivity index (χ4v) is 1.86. The van der Waals surface area contributed by atoms with Crippen molar-refractivity contribution in [3.8, 4) is 0 Å². The van der Waals surface area contributed by atoms with Gasteiger partial charge in [0.1, 0.15) is 5.82 Å². The number of aryl methyl sites for hydroxylation is 1. The minimum Gasteiger partial charge on any atom is -0.383 e. The van der Waals surface area contributed by atoms with Gasteiger partial charge >= 0.3 is 0 Å². The minimum atomic E-state index is 0.345. The molecule has 90 valence electrons. The van der Waals surface area contributed by atoms with Crippen molar-refractivity contribution in [3.63, 3.8) is 0 Å². The summed E-state index contributed by atoms with van der Waals surface area (Å²) >= 11 is 0. The SMILES string of the molecule is CCCNC(CCC)c1cc(C)cnc1N. The van der Waals surface area contributed by atoms with Crippen molar-refractivity contribution >= 4 is 5.82 Å². The first kappa shape index (κ1) is 13.0. The number of hydrogen-bond donors (Lipinski definition) is 2. The van der Waals surface area contributed by atoms with Gasteiger partial charge in [0.05, 0.1) is 0 Å². The van der Waals surface area contributed by atoms with E-state index >= 15 is 0 Å². The van der Waals surface area contributed by atoms with Gasteiger partial charge < -0.3 is 11.1 Å². The van der Waals surface area contributed by atoms with Crippen LogP contribution in [-0.4, -0.2) is 11.5 Å². The van der Waals surface area contributed by atoms with Crippen molar-refractivity contribution in [2.75, 3.05) is 12.3 Å².